The average Bonchev–Trinajstić information content (AvgIpc) is 2.92. The van der Waals surface area contributed by atoms with Crippen molar-refractivity contribution < 1.29 is 4.79 Å². The summed E-state index contributed by atoms with van der Waals surface area (Å²) in [7, 11) is 0. The van der Waals surface area contributed by atoms with Crippen molar-refractivity contribution in [3.05, 3.63) is 22.4 Å². The summed E-state index contributed by atoms with van der Waals surface area (Å²) in [6.45, 7) is 9.84. The Morgan fingerprint density at radius 1 is 1.60 bits per heavy atom. The van der Waals surface area contributed by atoms with Gasteiger partial charge >= 0.3 is 0 Å². The number of nitrogens with one attached hydrogen (secondary N) is 2. The summed E-state index contributed by atoms with van der Waals surface area (Å²) < 4.78 is 0. The van der Waals surface area contributed by atoms with Gasteiger partial charge in [0.2, 0.25) is 5.91 Å². The van der Waals surface area contributed by atoms with E-state index in [2.05, 4.69) is 47.8 Å². The van der Waals surface area contributed by atoms with Crippen LogP contribution in [0.4, 0.5) is 0 Å². The first-order chi connectivity index (χ1) is 9.58. The van der Waals surface area contributed by atoms with Gasteiger partial charge in [0.1, 0.15) is 0 Å². The van der Waals surface area contributed by atoms with Gasteiger partial charge in [-0.1, -0.05) is 19.9 Å². The normalized spacial score (nSPS) is 21.9. The van der Waals surface area contributed by atoms with Crippen LogP contribution in [-0.4, -0.2) is 43.0 Å². The van der Waals surface area contributed by atoms with Crippen molar-refractivity contribution in [1.29, 1.82) is 0 Å². The maximum absolute atomic E-state index is 12.3. The van der Waals surface area contributed by atoms with Crippen molar-refractivity contribution in [1.82, 2.24) is 15.5 Å². The van der Waals surface area contributed by atoms with E-state index in [0.29, 0.717) is 18.5 Å². The van der Waals surface area contributed by atoms with Gasteiger partial charge < -0.3 is 10.6 Å². The molecule has 2 rings (SSSR count). The zero-order valence-electron chi connectivity index (χ0n) is 12.6. The Balaban J connectivity index is 1.91. The van der Waals surface area contributed by atoms with Crippen molar-refractivity contribution in [2.45, 2.75) is 32.9 Å². The molecule has 112 valence electrons. The second kappa shape index (κ2) is 7.20. The van der Waals surface area contributed by atoms with E-state index in [1.807, 2.05) is 6.07 Å². The largest absolute Gasteiger partial charge is 0.347 e. The first-order valence-electron chi connectivity index (χ1n) is 7.35. The number of hydrogen-bond donors (Lipinski definition) is 2. The van der Waals surface area contributed by atoms with Crippen molar-refractivity contribution >= 4 is 17.2 Å². The topological polar surface area (TPSA) is 44.4 Å². The fourth-order valence-electron chi connectivity index (χ4n) is 2.56. The van der Waals surface area contributed by atoms with E-state index >= 15 is 0 Å². The van der Waals surface area contributed by atoms with Gasteiger partial charge in [-0.05, 0) is 24.3 Å². The van der Waals surface area contributed by atoms with Gasteiger partial charge in [-0.2, -0.15) is 0 Å². The van der Waals surface area contributed by atoms with Gasteiger partial charge in [0, 0.05) is 30.6 Å². The Morgan fingerprint density at radius 3 is 3.00 bits per heavy atom. The summed E-state index contributed by atoms with van der Waals surface area (Å²) in [5.74, 6) is 0.531. The average molecular weight is 295 g/mol. The summed E-state index contributed by atoms with van der Waals surface area (Å²) in [5, 5.41) is 8.61. The molecule has 1 fully saturated rings. The molecule has 0 aromatic carbocycles. The third-order valence-electron chi connectivity index (χ3n) is 3.82. The predicted molar refractivity (Wildman–Crippen MR) is 83.9 cm³/mol. The van der Waals surface area contributed by atoms with Crippen LogP contribution in [0.3, 0.4) is 0 Å². The highest BCUT2D eigenvalue weighted by atomic mass is 32.1. The summed E-state index contributed by atoms with van der Waals surface area (Å²) in [6.07, 6.45) is 0. The van der Waals surface area contributed by atoms with Crippen LogP contribution in [0.15, 0.2) is 17.5 Å². The van der Waals surface area contributed by atoms with Crippen LogP contribution in [0.25, 0.3) is 0 Å². The lowest BCUT2D eigenvalue weighted by Crippen LogP contribution is -2.53. The third kappa shape index (κ3) is 4.04. The van der Waals surface area contributed by atoms with Gasteiger partial charge in [-0.25, -0.2) is 0 Å². The smallest absolute Gasteiger partial charge is 0.234 e. The number of piperazine rings is 1. The maximum atomic E-state index is 12.3. The number of carbonyl (C=O) groups is 1. The molecule has 5 heteroatoms. The van der Waals surface area contributed by atoms with Crippen molar-refractivity contribution in [2.75, 3.05) is 26.2 Å². The van der Waals surface area contributed by atoms with Crippen LogP contribution in [0.1, 0.15) is 31.7 Å². The molecule has 0 radical (unpaired) electrons. The minimum Gasteiger partial charge on any atom is -0.347 e. The molecule has 1 amide bonds. The highest BCUT2D eigenvalue weighted by Crippen LogP contribution is 2.25. The number of amides is 1. The van der Waals surface area contributed by atoms with Crippen molar-refractivity contribution in [3.8, 4) is 0 Å². The zero-order valence-corrected chi connectivity index (χ0v) is 13.4. The van der Waals surface area contributed by atoms with E-state index in [9.17, 15) is 4.79 Å². The number of hydrogen-bond acceptors (Lipinski definition) is 4. The first kappa shape index (κ1) is 15.5. The van der Waals surface area contributed by atoms with Crippen LogP contribution < -0.4 is 10.6 Å². The Morgan fingerprint density at radius 2 is 2.40 bits per heavy atom. The number of rotatable bonds is 5. The SMILES string of the molecule is CC(C)C(NC(=O)CN1CCNCC1C)c1cccs1. The highest BCUT2D eigenvalue weighted by molar-refractivity contribution is 7.10. The molecule has 0 saturated carbocycles. The number of thiophene rings is 1. The van der Waals surface area contributed by atoms with Gasteiger partial charge in [0.15, 0.2) is 0 Å². The molecule has 2 unspecified atom stereocenters. The Kier molecular flexibility index (Phi) is 5.57. The van der Waals surface area contributed by atoms with E-state index < -0.39 is 0 Å². The summed E-state index contributed by atoms with van der Waals surface area (Å²) in [4.78, 5) is 15.8. The molecule has 20 heavy (non-hydrogen) atoms. The highest BCUT2D eigenvalue weighted by Gasteiger charge is 2.23. The summed E-state index contributed by atoms with van der Waals surface area (Å²) in [5.41, 5.74) is 0. The van der Waals surface area contributed by atoms with Gasteiger partial charge in [-0.3, -0.25) is 9.69 Å². The molecule has 0 spiro atoms. The quantitative estimate of drug-likeness (QED) is 0.871. The molecule has 1 saturated heterocycles. The zero-order chi connectivity index (χ0) is 14.5. The van der Waals surface area contributed by atoms with E-state index in [-0.39, 0.29) is 11.9 Å². The van der Waals surface area contributed by atoms with Crippen LogP contribution >= 0.6 is 11.3 Å². The van der Waals surface area contributed by atoms with Gasteiger partial charge in [0.05, 0.1) is 12.6 Å². The molecule has 1 aromatic heterocycles. The lowest BCUT2D eigenvalue weighted by molar-refractivity contribution is -0.124. The molecule has 2 N–H and O–H groups in total. The molecule has 1 aliphatic heterocycles. The van der Waals surface area contributed by atoms with Crippen LogP contribution in [-0.2, 0) is 4.79 Å². The number of carbonyl (C=O) groups excluding carboxylic acids is 1. The predicted octanol–water partition coefficient (Wildman–Crippen LogP) is 1.86. The second-order valence-corrected chi connectivity index (χ2v) is 6.81. The van der Waals surface area contributed by atoms with Crippen molar-refractivity contribution in [3.63, 3.8) is 0 Å². The molecule has 1 aliphatic rings. The summed E-state index contributed by atoms with van der Waals surface area (Å²) in [6, 6.07) is 4.69. The van der Waals surface area contributed by atoms with Gasteiger partial charge in [-0.15, -0.1) is 11.3 Å². The van der Waals surface area contributed by atoms with Crippen LogP contribution in [0, 0.1) is 5.92 Å². The molecular formula is C15H25N3OS. The van der Waals surface area contributed by atoms with Gasteiger partial charge in [0.25, 0.3) is 0 Å². The van der Waals surface area contributed by atoms with E-state index in [1.54, 1.807) is 11.3 Å². The standard InChI is InChI=1S/C15H25N3OS/c1-11(2)15(13-5-4-8-20-13)17-14(19)10-18-7-6-16-9-12(18)3/h4-5,8,11-12,15-16H,6-7,9-10H2,1-3H3,(H,17,19). The molecule has 0 aliphatic carbocycles. The molecular weight excluding hydrogens is 270 g/mol. The minimum absolute atomic E-state index is 0.126. The monoisotopic (exact) mass is 295 g/mol. The maximum Gasteiger partial charge on any atom is 0.234 e. The molecule has 2 atom stereocenters. The number of nitrogens with zero attached hydrogens (tertiary/aromatic N) is 1. The minimum atomic E-state index is 0.126. The first-order valence-corrected chi connectivity index (χ1v) is 8.23. The molecule has 1 aromatic rings. The van der Waals surface area contributed by atoms with Crippen molar-refractivity contribution in [2.24, 2.45) is 5.92 Å². The van der Waals surface area contributed by atoms with E-state index in [4.69, 9.17) is 0 Å². The lowest BCUT2D eigenvalue weighted by atomic mass is 10.0. The second-order valence-electron chi connectivity index (χ2n) is 5.83. The molecule has 4 nitrogen and oxygen atoms in total. The Labute approximate surface area is 125 Å². The fourth-order valence-corrected chi connectivity index (χ4v) is 3.51. The molecule has 2 heterocycles. The fraction of sp³-hybridized carbons (Fsp3) is 0.667. The molecule has 0 bridgehead atoms. The van der Waals surface area contributed by atoms with E-state index in [0.717, 1.165) is 19.6 Å². The van der Waals surface area contributed by atoms with Crippen LogP contribution in [0.2, 0.25) is 0 Å². The Bertz CT molecular complexity index is 419. The van der Waals surface area contributed by atoms with Crippen LogP contribution in [0.5, 0.6) is 0 Å². The lowest BCUT2D eigenvalue weighted by Gasteiger charge is -2.33. The summed E-state index contributed by atoms with van der Waals surface area (Å²) >= 11 is 1.71. The Hall–Kier alpha value is -0.910. The van der Waals surface area contributed by atoms with E-state index in [1.165, 1.54) is 4.88 Å². The third-order valence-corrected chi connectivity index (χ3v) is 4.77.